The number of nitrogens with zero attached hydrogens (tertiary/aromatic N) is 2. The van der Waals surface area contributed by atoms with Gasteiger partial charge in [-0.2, -0.15) is 0 Å². The Balaban J connectivity index is 1.20. The molecule has 2 amide bonds. The van der Waals surface area contributed by atoms with Crippen LogP contribution in [0.2, 0.25) is 0 Å². The fourth-order valence-corrected chi connectivity index (χ4v) is 4.41. The summed E-state index contributed by atoms with van der Waals surface area (Å²) in [7, 11) is 0. The van der Waals surface area contributed by atoms with Gasteiger partial charge in [-0.1, -0.05) is 60.7 Å². The van der Waals surface area contributed by atoms with Gasteiger partial charge in [0, 0.05) is 37.7 Å². The largest absolute Gasteiger partial charge is 0.339 e. The van der Waals surface area contributed by atoms with Crippen molar-refractivity contribution in [2.45, 2.75) is 12.3 Å². The summed E-state index contributed by atoms with van der Waals surface area (Å²) in [6, 6.07) is 24.2. The summed E-state index contributed by atoms with van der Waals surface area (Å²) in [6.45, 7) is 2.44. The van der Waals surface area contributed by atoms with Crippen LogP contribution in [0.5, 0.6) is 0 Å². The number of hydrogen-bond donors (Lipinski definition) is 0. The van der Waals surface area contributed by atoms with Gasteiger partial charge < -0.3 is 9.80 Å². The zero-order valence-corrected chi connectivity index (χ0v) is 16.3. The number of hydrogen-bond acceptors (Lipinski definition) is 2. The minimum Gasteiger partial charge on any atom is -0.339 e. The van der Waals surface area contributed by atoms with Crippen LogP contribution in [0.25, 0.3) is 10.8 Å². The van der Waals surface area contributed by atoms with Crippen LogP contribution in [0.15, 0.2) is 72.8 Å². The Hall–Kier alpha value is -3.14. The van der Waals surface area contributed by atoms with Gasteiger partial charge in [0.05, 0.1) is 0 Å². The van der Waals surface area contributed by atoms with E-state index in [0.717, 1.165) is 22.8 Å². The van der Waals surface area contributed by atoms with Gasteiger partial charge in [-0.3, -0.25) is 9.59 Å². The van der Waals surface area contributed by atoms with Crippen molar-refractivity contribution < 1.29 is 9.59 Å². The predicted octanol–water partition coefficient (Wildman–Crippen LogP) is 3.93. The van der Waals surface area contributed by atoms with Crippen LogP contribution in [0.1, 0.15) is 28.3 Å². The number of fused-ring (bicyclic) bond motifs is 1. The van der Waals surface area contributed by atoms with Crippen molar-refractivity contribution in [3.8, 4) is 0 Å². The van der Waals surface area contributed by atoms with Crippen molar-refractivity contribution in [1.82, 2.24) is 9.80 Å². The second kappa shape index (κ2) is 7.36. The maximum Gasteiger partial charge on any atom is 0.253 e. The first-order chi connectivity index (χ1) is 14.2. The molecule has 5 rings (SSSR count). The van der Waals surface area contributed by atoms with Crippen molar-refractivity contribution >= 4 is 22.6 Å². The molecular formula is C25H24N2O2. The molecular weight excluding hydrogens is 360 g/mol. The number of benzene rings is 3. The minimum atomic E-state index is 0.0523. The lowest BCUT2D eigenvalue weighted by molar-refractivity contribution is -0.134. The van der Waals surface area contributed by atoms with Gasteiger partial charge in [-0.15, -0.1) is 0 Å². The topological polar surface area (TPSA) is 40.6 Å². The maximum atomic E-state index is 12.9. The molecule has 0 bridgehead atoms. The summed E-state index contributed by atoms with van der Waals surface area (Å²) in [5.74, 6) is 0.772. The van der Waals surface area contributed by atoms with Crippen LogP contribution in [0.3, 0.4) is 0 Å². The Morgan fingerprint density at radius 2 is 1.38 bits per heavy atom. The number of carbonyl (C=O) groups is 2. The zero-order valence-electron chi connectivity index (χ0n) is 16.3. The van der Waals surface area contributed by atoms with E-state index < -0.39 is 0 Å². The molecule has 4 heteroatoms. The highest BCUT2D eigenvalue weighted by molar-refractivity contribution is 5.98. The molecule has 1 heterocycles. The standard InChI is InChI=1S/C25H24N2O2/c28-24(21-11-10-18-6-4-5-9-20(18)16-21)26-12-14-27(15-13-26)25(29)23-17-22(23)19-7-2-1-3-8-19/h1-11,16,22-23H,12-15,17H2. The summed E-state index contributed by atoms with van der Waals surface area (Å²) in [6.07, 6.45) is 0.944. The van der Waals surface area contributed by atoms with Crippen molar-refractivity contribution in [1.29, 1.82) is 0 Å². The molecule has 0 N–H and O–H groups in total. The zero-order chi connectivity index (χ0) is 19.8. The Labute approximate surface area is 170 Å². The molecule has 29 heavy (non-hydrogen) atoms. The van der Waals surface area contributed by atoms with Crippen molar-refractivity contribution in [2.24, 2.45) is 5.92 Å². The molecule has 4 nitrogen and oxygen atoms in total. The summed E-state index contributed by atoms with van der Waals surface area (Å²) in [5.41, 5.74) is 1.98. The Bertz CT molecular complexity index is 1050. The van der Waals surface area contributed by atoms with E-state index in [-0.39, 0.29) is 17.7 Å². The third-order valence-electron chi connectivity index (χ3n) is 6.21. The first-order valence-corrected chi connectivity index (χ1v) is 10.3. The number of rotatable bonds is 3. The van der Waals surface area contributed by atoms with E-state index in [1.54, 1.807) is 0 Å². The molecule has 3 aromatic rings. The van der Waals surface area contributed by atoms with Gasteiger partial charge in [-0.25, -0.2) is 0 Å². The maximum absolute atomic E-state index is 12.9. The quantitative estimate of drug-likeness (QED) is 0.687. The number of piperazine rings is 1. The van der Waals surface area contributed by atoms with Gasteiger partial charge in [0.15, 0.2) is 0 Å². The van der Waals surface area contributed by atoms with Gasteiger partial charge in [0.1, 0.15) is 0 Å². The van der Waals surface area contributed by atoms with Gasteiger partial charge in [-0.05, 0) is 40.8 Å². The lowest BCUT2D eigenvalue weighted by Crippen LogP contribution is -2.51. The van der Waals surface area contributed by atoms with Crippen LogP contribution in [-0.2, 0) is 4.79 Å². The molecule has 2 unspecified atom stereocenters. The third kappa shape index (κ3) is 3.51. The van der Waals surface area contributed by atoms with Gasteiger partial charge >= 0.3 is 0 Å². The smallest absolute Gasteiger partial charge is 0.253 e. The van der Waals surface area contributed by atoms with E-state index in [1.807, 2.05) is 64.4 Å². The number of carbonyl (C=O) groups excluding carboxylic acids is 2. The molecule has 1 aliphatic carbocycles. The molecule has 3 aromatic carbocycles. The highest BCUT2D eigenvalue weighted by Crippen LogP contribution is 2.48. The third-order valence-corrected chi connectivity index (χ3v) is 6.21. The van der Waals surface area contributed by atoms with Crippen LogP contribution >= 0.6 is 0 Å². The first-order valence-electron chi connectivity index (χ1n) is 10.3. The Morgan fingerprint density at radius 3 is 2.14 bits per heavy atom. The van der Waals surface area contributed by atoms with E-state index in [4.69, 9.17) is 0 Å². The second-order valence-corrected chi connectivity index (χ2v) is 8.04. The van der Waals surface area contributed by atoms with Gasteiger partial charge in [0.2, 0.25) is 5.91 Å². The Morgan fingerprint density at radius 1 is 0.724 bits per heavy atom. The first kappa shape index (κ1) is 17.9. The molecule has 0 radical (unpaired) electrons. The van der Waals surface area contributed by atoms with Crippen LogP contribution in [-0.4, -0.2) is 47.8 Å². The molecule has 2 atom stereocenters. The minimum absolute atomic E-state index is 0.0523. The Kier molecular flexibility index (Phi) is 4.55. The summed E-state index contributed by atoms with van der Waals surface area (Å²) >= 11 is 0. The highest BCUT2D eigenvalue weighted by Gasteiger charge is 2.46. The summed E-state index contributed by atoms with van der Waals surface area (Å²) in [5, 5.41) is 2.21. The monoisotopic (exact) mass is 384 g/mol. The van der Waals surface area contributed by atoms with E-state index in [9.17, 15) is 9.59 Å². The number of amides is 2. The average molecular weight is 384 g/mol. The van der Waals surface area contributed by atoms with Crippen LogP contribution in [0, 0.1) is 5.92 Å². The molecule has 2 fully saturated rings. The lowest BCUT2D eigenvalue weighted by Gasteiger charge is -2.35. The van der Waals surface area contributed by atoms with Crippen molar-refractivity contribution in [3.63, 3.8) is 0 Å². The average Bonchev–Trinajstić information content (AvgIpc) is 3.59. The SMILES string of the molecule is O=C(c1ccc2ccccc2c1)N1CCN(C(=O)C2CC2c2ccccc2)CC1. The lowest BCUT2D eigenvalue weighted by atomic mass is 10.1. The van der Waals surface area contributed by atoms with E-state index in [1.165, 1.54) is 5.56 Å². The fraction of sp³-hybridized carbons (Fsp3) is 0.280. The highest BCUT2D eigenvalue weighted by atomic mass is 16.2. The second-order valence-electron chi connectivity index (χ2n) is 8.04. The molecule has 0 spiro atoms. The van der Waals surface area contributed by atoms with Crippen molar-refractivity contribution in [2.75, 3.05) is 26.2 Å². The van der Waals surface area contributed by atoms with Gasteiger partial charge in [0.25, 0.3) is 5.91 Å². The molecule has 146 valence electrons. The van der Waals surface area contributed by atoms with Crippen LogP contribution < -0.4 is 0 Å². The predicted molar refractivity (Wildman–Crippen MR) is 114 cm³/mol. The summed E-state index contributed by atoms with van der Waals surface area (Å²) in [4.78, 5) is 29.6. The molecule has 1 saturated carbocycles. The molecule has 1 aliphatic heterocycles. The normalized spacial score (nSPS) is 21.2. The van der Waals surface area contributed by atoms with Crippen LogP contribution in [0.4, 0.5) is 0 Å². The van der Waals surface area contributed by atoms with E-state index in [0.29, 0.717) is 32.1 Å². The molecule has 0 aromatic heterocycles. The molecule has 2 aliphatic rings. The fourth-order valence-electron chi connectivity index (χ4n) is 4.41. The summed E-state index contributed by atoms with van der Waals surface area (Å²) < 4.78 is 0. The molecule has 1 saturated heterocycles. The van der Waals surface area contributed by atoms with Crippen molar-refractivity contribution in [3.05, 3.63) is 83.9 Å². The van der Waals surface area contributed by atoms with E-state index >= 15 is 0 Å². The van der Waals surface area contributed by atoms with E-state index in [2.05, 4.69) is 18.2 Å².